The summed E-state index contributed by atoms with van der Waals surface area (Å²) in [5.41, 5.74) is 7.27. The monoisotopic (exact) mass is 250 g/mol. The van der Waals surface area contributed by atoms with E-state index in [1.54, 1.807) is 0 Å². The van der Waals surface area contributed by atoms with Crippen molar-refractivity contribution in [1.82, 2.24) is 4.90 Å². The van der Waals surface area contributed by atoms with Crippen LogP contribution in [0, 0.1) is 0 Å². The van der Waals surface area contributed by atoms with Gasteiger partial charge in [-0.3, -0.25) is 4.90 Å². The summed E-state index contributed by atoms with van der Waals surface area (Å²) in [7, 11) is 0. The summed E-state index contributed by atoms with van der Waals surface area (Å²) in [5.74, 6) is 0. The fourth-order valence-electron chi connectivity index (χ4n) is 1.95. The Morgan fingerprint density at radius 3 is 2.00 bits per heavy atom. The standard InChI is InChI=1S/C12H18N2.2C2H6/c13-12-6-8-14(9-7-12)10-11-4-2-1-3-5-11;2*1-2/h1-5,12H,6-10,13H2;2*1-2H3. The maximum Gasteiger partial charge on any atom is 0.0233 e. The number of hydrogen-bond donors (Lipinski definition) is 1. The van der Waals surface area contributed by atoms with E-state index in [1.807, 2.05) is 27.7 Å². The van der Waals surface area contributed by atoms with E-state index in [9.17, 15) is 0 Å². The molecule has 2 rings (SSSR count). The summed E-state index contributed by atoms with van der Waals surface area (Å²) in [4.78, 5) is 2.48. The van der Waals surface area contributed by atoms with E-state index in [0.29, 0.717) is 6.04 Å². The Hall–Kier alpha value is -0.860. The second-order valence-electron chi connectivity index (χ2n) is 4.10. The third kappa shape index (κ3) is 6.77. The van der Waals surface area contributed by atoms with Crippen LogP contribution in [-0.4, -0.2) is 24.0 Å². The molecule has 2 nitrogen and oxygen atoms in total. The maximum absolute atomic E-state index is 5.86. The number of hydrogen-bond acceptors (Lipinski definition) is 2. The molecule has 1 aromatic carbocycles. The first-order chi connectivity index (χ1) is 8.84. The zero-order valence-corrected chi connectivity index (χ0v) is 12.5. The lowest BCUT2D eigenvalue weighted by Crippen LogP contribution is -2.39. The van der Waals surface area contributed by atoms with Gasteiger partial charge in [0, 0.05) is 12.6 Å². The first-order valence-corrected chi connectivity index (χ1v) is 7.36. The van der Waals surface area contributed by atoms with E-state index in [-0.39, 0.29) is 0 Å². The van der Waals surface area contributed by atoms with Crippen LogP contribution in [0.2, 0.25) is 0 Å². The molecule has 1 aromatic rings. The number of likely N-dealkylation sites (tertiary alicyclic amines) is 1. The van der Waals surface area contributed by atoms with E-state index in [0.717, 1.165) is 32.5 Å². The quantitative estimate of drug-likeness (QED) is 0.868. The minimum Gasteiger partial charge on any atom is -0.328 e. The fraction of sp³-hybridized carbons (Fsp3) is 0.625. The molecule has 1 aliphatic rings. The summed E-state index contributed by atoms with van der Waals surface area (Å²) >= 11 is 0. The molecule has 18 heavy (non-hydrogen) atoms. The van der Waals surface area contributed by atoms with Gasteiger partial charge in [-0.1, -0.05) is 58.0 Å². The van der Waals surface area contributed by atoms with E-state index in [4.69, 9.17) is 5.73 Å². The van der Waals surface area contributed by atoms with E-state index >= 15 is 0 Å². The SMILES string of the molecule is CC.CC.NC1CCN(Cc2ccccc2)CC1. The Labute approximate surface area is 113 Å². The van der Waals surface area contributed by atoms with Crippen LogP contribution in [-0.2, 0) is 6.54 Å². The highest BCUT2D eigenvalue weighted by Crippen LogP contribution is 2.11. The van der Waals surface area contributed by atoms with Gasteiger partial charge in [0.2, 0.25) is 0 Å². The Kier molecular flexibility index (Phi) is 10.7. The first kappa shape index (κ1) is 17.1. The second-order valence-corrected chi connectivity index (χ2v) is 4.10. The van der Waals surface area contributed by atoms with Crippen molar-refractivity contribution in [2.75, 3.05) is 13.1 Å². The van der Waals surface area contributed by atoms with Crippen molar-refractivity contribution in [1.29, 1.82) is 0 Å². The van der Waals surface area contributed by atoms with Crippen molar-refractivity contribution in [2.24, 2.45) is 5.73 Å². The first-order valence-electron chi connectivity index (χ1n) is 7.36. The van der Waals surface area contributed by atoms with Crippen molar-refractivity contribution in [3.63, 3.8) is 0 Å². The molecule has 0 aliphatic carbocycles. The molecule has 1 saturated heterocycles. The number of rotatable bonds is 2. The Bertz CT molecular complexity index is 264. The second kappa shape index (κ2) is 11.2. The molecule has 0 spiro atoms. The van der Waals surface area contributed by atoms with Gasteiger partial charge >= 0.3 is 0 Å². The van der Waals surface area contributed by atoms with Crippen LogP contribution in [0.4, 0.5) is 0 Å². The van der Waals surface area contributed by atoms with Crippen molar-refractivity contribution in [3.8, 4) is 0 Å². The smallest absolute Gasteiger partial charge is 0.0233 e. The van der Waals surface area contributed by atoms with Gasteiger partial charge in [0.15, 0.2) is 0 Å². The fourth-order valence-corrected chi connectivity index (χ4v) is 1.95. The molecule has 1 aliphatic heterocycles. The number of piperidine rings is 1. The summed E-state index contributed by atoms with van der Waals surface area (Å²) in [6.07, 6.45) is 2.29. The van der Waals surface area contributed by atoms with E-state index in [1.165, 1.54) is 5.56 Å². The van der Waals surface area contributed by atoms with Crippen LogP contribution in [0.5, 0.6) is 0 Å². The van der Waals surface area contributed by atoms with E-state index < -0.39 is 0 Å². The molecule has 0 amide bonds. The van der Waals surface area contributed by atoms with Gasteiger partial charge in [-0.25, -0.2) is 0 Å². The van der Waals surface area contributed by atoms with Gasteiger partial charge in [-0.15, -0.1) is 0 Å². The van der Waals surface area contributed by atoms with Crippen molar-refractivity contribution in [2.45, 2.75) is 53.1 Å². The van der Waals surface area contributed by atoms with Crippen LogP contribution in [0.3, 0.4) is 0 Å². The molecule has 1 fully saturated rings. The number of nitrogens with zero attached hydrogens (tertiary/aromatic N) is 1. The predicted molar refractivity (Wildman–Crippen MR) is 81.6 cm³/mol. The minimum absolute atomic E-state index is 0.432. The number of benzene rings is 1. The molecule has 0 radical (unpaired) electrons. The van der Waals surface area contributed by atoms with Crippen LogP contribution in [0.25, 0.3) is 0 Å². The Balaban J connectivity index is 0.000000659. The molecule has 0 saturated carbocycles. The molecule has 2 N–H and O–H groups in total. The summed E-state index contributed by atoms with van der Waals surface area (Å²) < 4.78 is 0. The van der Waals surface area contributed by atoms with Gasteiger partial charge in [0.1, 0.15) is 0 Å². The van der Waals surface area contributed by atoms with Gasteiger partial charge in [-0.2, -0.15) is 0 Å². The third-order valence-corrected chi connectivity index (χ3v) is 2.88. The average Bonchev–Trinajstić information content (AvgIpc) is 2.47. The van der Waals surface area contributed by atoms with Crippen LogP contribution < -0.4 is 5.73 Å². The highest BCUT2D eigenvalue weighted by Gasteiger charge is 2.15. The normalized spacial score (nSPS) is 16.1. The van der Waals surface area contributed by atoms with Crippen LogP contribution in [0.1, 0.15) is 46.1 Å². The topological polar surface area (TPSA) is 29.3 Å². The van der Waals surface area contributed by atoms with Gasteiger partial charge in [0.05, 0.1) is 0 Å². The predicted octanol–water partition coefficient (Wildman–Crippen LogP) is 3.66. The van der Waals surface area contributed by atoms with Crippen molar-refractivity contribution >= 4 is 0 Å². The molecule has 0 bridgehead atoms. The molecular weight excluding hydrogens is 220 g/mol. The maximum atomic E-state index is 5.86. The van der Waals surface area contributed by atoms with Gasteiger partial charge in [0.25, 0.3) is 0 Å². The molecule has 0 aromatic heterocycles. The summed E-state index contributed by atoms with van der Waals surface area (Å²) in [5, 5.41) is 0. The number of nitrogens with two attached hydrogens (primary N) is 1. The van der Waals surface area contributed by atoms with Crippen LogP contribution in [0.15, 0.2) is 30.3 Å². The van der Waals surface area contributed by atoms with Crippen molar-refractivity contribution < 1.29 is 0 Å². The lowest BCUT2D eigenvalue weighted by Gasteiger charge is -2.29. The zero-order valence-electron chi connectivity index (χ0n) is 12.5. The van der Waals surface area contributed by atoms with Crippen LogP contribution >= 0.6 is 0 Å². The van der Waals surface area contributed by atoms with E-state index in [2.05, 4.69) is 35.2 Å². The Morgan fingerprint density at radius 2 is 1.50 bits per heavy atom. The highest BCUT2D eigenvalue weighted by molar-refractivity contribution is 5.14. The molecule has 2 heteroatoms. The molecule has 0 unspecified atom stereocenters. The van der Waals surface area contributed by atoms with Gasteiger partial charge in [-0.05, 0) is 31.5 Å². The summed E-state index contributed by atoms with van der Waals surface area (Å²) in [6, 6.07) is 11.1. The molecule has 0 atom stereocenters. The molecular formula is C16H30N2. The average molecular weight is 250 g/mol. The minimum atomic E-state index is 0.432. The lowest BCUT2D eigenvalue weighted by molar-refractivity contribution is 0.205. The lowest BCUT2D eigenvalue weighted by atomic mass is 10.1. The third-order valence-electron chi connectivity index (χ3n) is 2.88. The Morgan fingerprint density at radius 1 is 1.00 bits per heavy atom. The molecule has 1 heterocycles. The largest absolute Gasteiger partial charge is 0.328 e. The highest BCUT2D eigenvalue weighted by atomic mass is 15.1. The van der Waals surface area contributed by atoms with Crippen molar-refractivity contribution in [3.05, 3.63) is 35.9 Å². The molecule has 104 valence electrons. The van der Waals surface area contributed by atoms with Gasteiger partial charge < -0.3 is 5.73 Å². The zero-order chi connectivity index (χ0) is 13.8. The summed E-state index contributed by atoms with van der Waals surface area (Å²) in [6.45, 7) is 11.4.